The number of rotatable bonds is 5. The Labute approximate surface area is 109 Å². The number of aryl methyl sites for hydroxylation is 2. The number of nitro groups is 1. The van der Waals surface area contributed by atoms with E-state index in [2.05, 4.69) is 19.2 Å². The molecule has 0 aromatic heterocycles. The summed E-state index contributed by atoms with van der Waals surface area (Å²) in [5.74, 6) is 0. The lowest BCUT2D eigenvalue weighted by molar-refractivity contribution is -0.384. The van der Waals surface area contributed by atoms with Crippen molar-refractivity contribution >= 4 is 11.4 Å². The van der Waals surface area contributed by atoms with Gasteiger partial charge >= 0.3 is 0 Å². The second kappa shape index (κ2) is 5.85. The summed E-state index contributed by atoms with van der Waals surface area (Å²) in [7, 11) is 0. The second-order valence-corrected chi connectivity index (χ2v) is 4.77. The van der Waals surface area contributed by atoms with Gasteiger partial charge in [0.05, 0.1) is 4.92 Å². The van der Waals surface area contributed by atoms with Crippen molar-refractivity contribution in [2.75, 3.05) is 5.32 Å². The molecule has 18 heavy (non-hydrogen) atoms. The smallest absolute Gasteiger partial charge is 0.295 e. The Morgan fingerprint density at radius 1 is 1.22 bits per heavy atom. The fraction of sp³-hybridized carbons (Fsp3) is 0.571. The molecule has 1 aromatic rings. The molecular formula is C14H22N2O2. The van der Waals surface area contributed by atoms with Crippen LogP contribution in [-0.2, 0) is 0 Å². The van der Waals surface area contributed by atoms with Gasteiger partial charge in [-0.05, 0) is 44.7 Å². The largest absolute Gasteiger partial charge is 0.377 e. The third-order valence-corrected chi connectivity index (χ3v) is 3.53. The van der Waals surface area contributed by atoms with Crippen molar-refractivity contribution in [3.63, 3.8) is 0 Å². The van der Waals surface area contributed by atoms with Gasteiger partial charge in [-0.3, -0.25) is 10.1 Å². The van der Waals surface area contributed by atoms with Crippen molar-refractivity contribution in [2.45, 2.75) is 53.5 Å². The van der Waals surface area contributed by atoms with Crippen molar-refractivity contribution in [2.24, 2.45) is 0 Å². The molecule has 0 aliphatic rings. The number of anilines is 1. The number of hydrogen-bond donors (Lipinski definition) is 1. The molecule has 0 radical (unpaired) electrons. The van der Waals surface area contributed by atoms with Gasteiger partial charge in [-0.2, -0.15) is 0 Å². The molecule has 0 aliphatic heterocycles. The van der Waals surface area contributed by atoms with Gasteiger partial charge in [-0.1, -0.05) is 19.9 Å². The molecule has 0 heterocycles. The van der Waals surface area contributed by atoms with Crippen molar-refractivity contribution in [1.29, 1.82) is 0 Å². The van der Waals surface area contributed by atoms with Gasteiger partial charge in [0.1, 0.15) is 5.69 Å². The predicted octanol–water partition coefficient (Wildman–Crippen LogP) is 4.12. The standard InChI is InChI=1S/C14H22N2O2/c1-6-12(7-2)15-13-10(4)8-9(3)11(5)14(13)16(17)18/h8,12,15H,6-7H2,1-5H3. The van der Waals surface area contributed by atoms with E-state index in [4.69, 9.17) is 0 Å². The molecule has 0 saturated heterocycles. The highest BCUT2D eigenvalue weighted by Gasteiger charge is 2.22. The molecule has 1 aromatic carbocycles. The number of nitrogens with zero attached hydrogens (tertiary/aromatic N) is 1. The van der Waals surface area contributed by atoms with Crippen molar-refractivity contribution < 1.29 is 4.92 Å². The molecule has 0 bridgehead atoms. The van der Waals surface area contributed by atoms with Crippen molar-refractivity contribution in [1.82, 2.24) is 0 Å². The summed E-state index contributed by atoms with van der Waals surface area (Å²) in [5.41, 5.74) is 3.56. The number of nitro benzene ring substituents is 1. The monoisotopic (exact) mass is 250 g/mol. The Hall–Kier alpha value is -1.58. The Kier molecular flexibility index (Phi) is 4.70. The Balaban J connectivity index is 3.32. The summed E-state index contributed by atoms with van der Waals surface area (Å²) in [6, 6.07) is 2.29. The Morgan fingerprint density at radius 3 is 2.22 bits per heavy atom. The highest BCUT2D eigenvalue weighted by atomic mass is 16.6. The van der Waals surface area contributed by atoms with Crippen LogP contribution in [0.5, 0.6) is 0 Å². The maximum Gasteiger partial charge on any atom is 0.295 e. The lowest BCUT2D eigenvalue weighted by Gasteiger charge is -2.19. The van der Waals surface area contributed by atoms with Crippen LogP contribution in [0.25, 0.3) is 0 Å². The van der Waals surface area contributed by atoms with Gasteiger partial charge in [0, 0.05) is 11.6 Å². The SMILES string of the molecule is CCC(CC)Nc1c(C)cc(C)c(C)c1[N+](=O)[O-]. The first kappa shape index (κ1) is 14.5. The van der Waals surface area contributed by atoms with Crippen LogP contribution in [0.1, 0.15) is 43.4 Å². The zero-order valence-electron chi connectivity index (χ0n) is 11.8. The average molecular weight is 250 g/mol. The molecular weight excluding hydrogens is 228 g/mol. The lowest BCUT2D eigenvalue weighted by Crippen LogP contribution is -2.19. The fourth-order valence-electron chi connectivity index (χ4n) is 2.17. The summed E-state index contributed by atoms with van der Waals surface area (Å²) in [6.07, 6.45) is 1.92. The molecule has 0 atom stereocenters. The first-order valence-electron chi connectivity index (χ1n) is 6.44. The first-order valence-corrected chi connectivity index (χ1v) is 6.44. The molecule has 0 aliphatic carbocycles. The normalized spacial score (nSPS) is 10.8. The van der Waals surface area contributed by atoms with Crippen LogP contribution in [0, 0.1) is 30.9 Å². The van der Waals surface area contributed by atoms with E-state index in [9.17, 15) is 10.1 Å². The van der Waals surface area contributed by atoms with E-state index >= 15 is 0 Å². The summed E-state index contributed by atoms with van der Waals surface area (Å²) in [5, 5.41) is 14.6. The summed E-state index contributed by atoms with van der Waals surface area (Å²) >= 11 is 0. The van der Waals surface area contributed by atoms with E-state index in [1.807, 2.05) is 26.8 Å². The molecule has 0 fully saturated rings. The number of nitrogens with one attached hydrogen (secondary N) is 1. The summed E-state index contributed by atoms with van der Waals surface area (Å²) in [6.45, 7) is 9.82. The minimum atomic E-state index is -0.278. The van der Waals surface area contributed by atoms with Gasteiger partial charge < -0.3 is 5.32 Å². The van der Waals surface area contributed by atoms with Crippen molar-refractivity contribution in [3.05, 3.63) is 32.9 Å². The van der Waals surface area contributed by atoms with Gasteiger partial charge in [-0.15, -0.1) is 0 Å². The summed E-state index contributed by atoms with van der Waals surface area (Å²) in [4.78, 5) is 11.0. The van der Waals surface area contributed by atoms with Gasteiger partial charge in [0.25, 0.3) is 5.69 Å². The summed E-state index contributed by atoms with van der Waals surface area (Å²) < 4.78 is 0. The maximum absolute atomic E-state index is 11.3. The highest BCUT2D eigenvalue weighted by Crippen LogP contribution is 2.34. The van der Waals surface area contributed by atoms with Gasteiger partial charge in [-0.25, -0.2) is 0 Å². The zero-order chi connectivity index (χ0) is 13.9. The third-order valence-electron chi connectivity index (χ3n) is 3.53. The van der Waals surface area contributed by atoms with Crippen LogP contribution in [-0.4, -0.2) is 11.0 Å². The number of benzene rings is 1. The Bertz CT molecular complexity index is 452. The van der Waals surface area contributed by atoms with Crippen LogP contribution >= 0.6 is 0 Å². The van der Waals surface area contributed by atoms with E-state index in [0.29, 0.717) is 5.69 Å². The average Bonchev–Trinajstić information content (AvgIpc) is 2.31. The van der Waals surface area contributed by atoms with Crippen LogP contribution < -0.4 is 5.32 Å². The van der Waals surface area contributed by atoms with E-state index in [1.165, 1.54) is 0 Å². The fourth-order valence-corrected chi connectivity index (χ4v) is 2.17. The minimum absolute atomic E-state index is 0.222. The van der Waals surface area contributed by atoms with Crippen LogP contribution in [0.2, 0.25) is 0 Å². The maximum atomic E-state index is 11.3. The third kappa shape index (κ3) is 2.81. The van der Waals surface area contributed by atoms with Crippen molar-refractivity contribution in [3.8, 4) is 0 Å². The molecule has 4 heteroatoms. The zero-order valence-corrected chi connectivity index (χ0v) is 11.8. The van der Waals surface area contributed by atoms with Gasteiger partial charge in [0.2, 0.25) is 0 Å². The molecule has 0 saturated carbocycles. The molecule has 0 amide bonds. The molecule has 1 N–H and O–H groups in total. The number of hydrogen-bond acceptors (Lipinski definition) is 3. The van der Waals surface area contributed by atoms with Gasteiger partial charge in [0.15, 0.2) is 0 Å². The first-order chi connectivity index (χ1) is 8.42. The Morgan fingerprint density at radius 2 is 1.78 bits per heavy atom. The predicted molar refractivity (Wildman–Crippen MR) is 75.3 cm³/mol. The van der Waals surface area contributed by atoms with Crippen LogP contribution in [0.4, 0.5) is 11.4 Å². The molecule has 1 rings (SSSR count). The molecule has 0 unspecified atom stereocenters. The lowest BCUT2D eigenvalue weighted by atomic mass is 10.0. The quantitative estimate of drug-likeness (QED) is 0.631. The minimum Gasteiger partial charge on any atom is -0.377 e. The second-order valence-electron chi connectivity index (χ2n) is 4.77. The molecule has 100 valence electrons. The van der Waals surface area contributed by atoms with E-state index < -0.39 is 0 Å². The molecule has 0 spiro atoms. The topological polar surface area (TPSA) is 55.2 Å². The van der Waals surface area contributed by atoms with E-state index in [1.54, 1.807) is 0 Å². The van der Waals surface area contributed by atoms with Crippen LogP contribution in [0.3, 0.4) is 0 Å². The van der Waals surface area contributed by atoms with E-state index in [0.717, 1.165) is 29.5 Å². The van der Waals surface area contributed by atoms with Crippen LogP contribution in [0.15, 0.2) is 6.07 Å². The highest BCUT2D eigenvalue weighted by molar-refractivity contribution is 5.71. The molecule has 4 nitrogen and oxygen atoms in total. The van der Waals surface area contributed by atoms with E-state index in [-0.39, 0.29) is 16.7 Å².